The van der Waals surface area contributed by atoms with E-state index in [2.05, 4.69) is 4.98 Å². The smallest absolute Gasteiger partial charge is 0.107 e. The third-order valence-corrected chi connectivity index (χ3v) is 2.37. The molecule has 4 heteroatoms. The quantitative estimate of drug-likeness (QED) is 0.677. The highest BCUT2D eigenvalue weighted by Crippen LogP contribution is 2.21. The number of hydrogen-bond acceptors (Lipinski definition) is 4. The SMILES string of the molecule is Cc1ccc(C(O)C(O)CCO)c(C)n1. The Morgan fingerprint density at radius 1 is 1.27 bits per heavy atom. The molecule has 0 radical (unpaired) electrons. The third kappa shape index (κ3) is 2.99. The van der Waals surface area contributed by atoms with E-state index in [0.717, 1.165) is 5.69 Å². The Balaban J connectivity index is 2.86. The highest BCUT2D eigenvalue weighted by molar-refractivity contribution is 5.24. The van der Waals surface area contributed by atoms with E-state index in [-0.39, 0.29) is 13.0 Å². The second kappa shape index (κ2) is 5.21. The molecule has 0 aliphatic rings. The molecule has 1 aromatic heterocycles. The van der Waals surface area contributed by atoms with Gasteiger partial charge in [0.25, 0.3) is 0 Å². The van der Waals surface area contributed by atoms with Crippen molar-refractivity contribution >= 4 is 0 Å². The molecular formula is C11H17NO3. The molecule has 0 spiro atoms. The van der Waals surface area contributed by atoms with Gasteiger partial charge in [0.2, 0.25) is 0 Å². The molecule has 0 saturated carbocycles. The number of aliphatic hydroxyl groups is 3. The maximum absolute atomic E-state index is 9.79. The fourth-order valence-corrected chi connectivity index (χ4v) is 1.51. The first-order chi connectivity index (χ1) is 7.06. The molecule has 0 saturated heterocycles. The fraction of sp³-hybridized carbons (Fsp3) is 0.545. The summed E-state index contributed by atoms with van der Waals surface area (Å²) in [6, 6.07) is 3.54. The zero-order chi connectivity index (χ0) is 11.4. The topological polar surface area (TPSA) is 73.6 Å². The number of aromatic nitrogens is 1. The first kappa shape index (κ1) is 12.1. The van der Waals surface area contributed by atoms with Crippen molar-refractivity contribution in [2.75, 3.05) is 6.61 Å². The van der Waals surface area contributed by atoms with E-state index in [4.69, 9.17) is 5.11 Å². The second-order valence-corrected chi connectivity index (χ2v) is 3.65. The second-order valence-electron chi connectivity index (χ2n) is 3.65. The van der Waals surface area contributed by atoms with Gasteiger partial charge >= 0.3 is 0 Å². The van der Waals surface area contributed by atoms with E-state index in [0.29, 0.717) is 11.3 Å². The Kier molecular flexibility index (Phi) is 4.20. The highest BCUT2D eigenvalue weighted by Gasteiger charge is 2.19. The number of aryl methyl sites for hydroxylation is 2. The summed E-state index contributed by atoms with van der Waals surface area (Å²) in [7, 11) is 0. The van der Waals surface area contributed by atoms with E-state index in [1.807, 2.05) is 6.92 Å². The predicted molar refractivity (Wildman–Crippen MR) is 56.4 cm³/mol. The van der Waals surface area contributed by atoms with E-state index < -0.39 is 12.2 Å². The number of hydrogen-bond donors (Lipinski definition) is 3. The number of nitrogens with zero attached hydrogens (tertiary/aromatic N) is 1. The Hall–Kier alpha value is -0.970. The Labute approximate surface area is 89.2 Å². The lowest BCUT2D eigenvalue weighted by molar-refractivity contribution is 0.00366. The van der Waals surface area contributed by atoms with Gasteiger partial charge in [-0.3, -0.25) is 4.98 Å². The Morgan fingerprint density at radius 2 is 1.93 bits per heavy atom. The average molecular weight is 211 g/mol. The molecule has 15 heavy (non-hydrogen) atoms. The Bertz CT molecular complexity index is 328. The van der Waals surface area contributed by atoms with Crippen molar-refractivity contribution in [1.82, 2.24) is 4.98 Å². The molecule has 0 fully saturated rings. The standard InChI is InChI=1S/C11H17NO3/c1-7-3-4-9(8(2)12-7)11(15)10(14)5-6-13/h3-4,10-11,13-15H,5-6H2,1-2H3. The van der Waals surface area contributed by atoms with Crippen molar-refractivity contribution in [3.63, 3.8) is 0 Å². The summed E-state index contributed by atoms with van der Waals surface area (Å²) >= 11 is 0. The number of rotatable bonds is 4. The van der Waals surface area contributed by atoms with E-state index in [9.17, 15) is 10.2 Å². The van der Waals surface area contributed by atoms with Gasteiger partial charge in [-0.05, 0) is 26.3 Å². The molecule has 2 atom stereocenters. The lowest BCUT2D eigenvalue weighted by Crippen LogP contribution is -2.20. The third-order valence-electron chi connectivity index (χ3n) is 2.37. The summed E-state index contributed by atoms with van der Waals surface area (Å²) in [5, 5.41) is 28.0. The van der Waals surface area contributed by atoms with Crippen molar-refractivity contribution in [2.45, 2.75) is 32.5 Å². The molecule has 0 aliphatic carbocycles. The predicted octanol–water partition coefficient (Wildman–Crippen LogP) is 0.475. The molecule has 3 N–H and O–H groups in total. The molecule has 1 rings (SSSR count). The zero-order valence-corrected chi connectivity index (χ0v) is 9.01. The van der Waals surface area contributed by atoms with Crippen LogP contribution in [0.5, 0.6) is 0 Å². The molecule has 0 aromatic carbocycles. The van der Waals surface area contributed by atoms with Crippen LogP contribution in [0.15, 0.2) is 12.1 Å². The van der Waals surface area contributed by atoms with E-state index in [1.54, 1.807) is 19.1 Å². The summed E-state index contributed by atoms with van der Waals surface area (Å²) in [6.45, 7) is 3.51. The van der Waals surface area contributed by atoms with Gasteiger partial charge in [-0.25, -0.2) is 0 Å². The van der Waals surface area contributed by atoms with Crippen LogP contribution in [-0.2, 0) is 0 Å². The first-order valence-electron chi connectivity index (χ1n) is 4.97. The van der Waals surface area contributed by atoms with Crippen LogP contribution in [0, 0.1) is 13.8 Å². The normalized spacial score (nSPS) is 15.0. The van der Waals surface area contributed by atoms with Gasteiger partial charge in [-0.15, -0.1) is 0 Å². The minimum absolute atomic E-state index is 0.142. The maximum Gasteiger partial charge on any atom is 0.107 e. The molecule has 4 nitrogen and oxygen atoms in total. The fourth-order valence-electron chi connectivity index (χ4n) is 1.51. The Morgan fingerprint density at radius 3 is 2.47 bits per heavy atom. The van der Waals surface area contributed by atoms with Gasteiger partial charge in [0.1, 0.15) is 6.10 Å². The van der Waals surface area contributed by atoms with Crippen LogP contribution in [0.25, 0.3) is 0 Å². The molecule has 84 valence electrons. The van der Waals surface area contributed by atoms with Crippen LogP contribution in [0.1, 0.15) is 29.5 Å². The van der Waals surface area contributed by atoms with Crippen LogP contribution < -0.4 is 0 Å². The van der Waals surface area contributed by atoms with Crippen LogP contribution in [0.4, 0.5) is 0 Å². The van der Waals surface area contributed by atoms with Gasteiger partial charge in [0, 0.05) is 23.6 Å². The molecule has 1 heterocycles. The molecular weight excluding hydrogens is 194 g/mol. The highest BCUT2D eigenvalue weighted by atomic mass is 16.3. The minimum atomic E-state index is -0.981. The van der Waals surface area contributed by atoms with Gasteiger partial charge < -0.3 is 15.3 Å². The molecule has 1 aromatic rings. The molecule has 0 bridgehead atoms. The van der Waals surface area contributed by atoms with Crippen molar-refractivity contribution < 1.29 is 15.3 Å². The van der Waals surface area contributed by atoms with Crippen LogP contribution in [0.2, 0.25) is 0 Å². The summed E-state index contributed by atoms with van der Waals surface area (Å²) in [6.07, 6.45) is -1.77. The maximum atomic E-state index is 9.79. The zero-order valence-electron chi connectivity index (χ0n) is 9.01. The number of aliphatic hydroxyl groups excluding tert-OH is 3. The van der Waals surface area contributed by atoms with Gasteiger partial charge in [0.05, 0.1) is 6.10 Å². The minimum Gasteiger partial charge on any atom is -0.396 e. The largest absolute Gasteiger partial charge is 0.396 e. The lowest BCUT2D eigenvalue weighted by Gasteiger charge is -2.18. The van der Waals surface area contributed by atoms with Crippen molar-refractivity contribution in [1.29, 1.82) is 0 Å². The average Bonchev–Trinajstić information content (AvgIpc) is 2.17. The van der Waals surface area contributed by atoms with Gasteiger partial charge in [-0.2, -0.15) is 0 Å². The van der Waals surface area contributed by atoms with E-state index in [1.165, 1.54) is 0 Å². The summed E-state index contributed by atoms with van der Waals surface area (Å²) in [5.41, 5.74) is 2.20. The van der Waals surface area contributed by atoms with E-state index >= 15 is 0 Å². The molecule has 2 unspecified atom stereocenters. The van der Waals surface area contributed by atoms with Crippen LogP contribution >= 0.6 is 0 Å². The lowest BCUT2D eigenvalue weighted by atomic mass is 10.0. The van der Waals surface area contributed by atoms with Gasteiger partial charge in [0.15, 0.2) is 0 Å². The van der Waals surface area contributed by atoms with Gasteiger partial charge in [-0.1, -0.05) is 6.07 Å². The van der Waals surface area contributed by atoms with Crippen molar-refractivity contribution in [3.8, 4) is 0 Å². The van der Waals surface area contributed by atoms with Crippen LogP contribution in [0.3, 0.4) is 0 Å². The van der Waals surface area contributed by atoms with Crippen LogP contribution in [-0.4, -0.2) is 33.0 Å². The monoisotopic (exact) mass is 211 g/mol. The van der Waals surface area contributed by atoms with Crippen molar-refractivity contribution in [3.05, 3.63) is 29.1 Å². The summed E-state index contributed by atoms with van der Waals surface area (Å²) < 4.78 is 0. The molecule has 0 aliphatic heterocycles. The summed E-state index contributed by atoms with van der Waals surface area (Å²) in [5.74, 6) is 0. The first-order valence-corrected chi connectivity index (χ1v) is 4.97. The van der Waals surface area contributed by atoms with Crippen molar-refractivity contribution in [2.24, 2.45) is 0 Å². The molecule has 0 amide bonds. The number of pyridine rings is 1. The summed E-state index contributed by atoms with van der Waals surface area (Å²) in [4.78, 5) is 4.20.